The van der Waals surface area contributed by atoms with Crippen LogP contribution in [0.2, 0.25) is 0 Å². The van der Waals surface area contributed by atoms with E-state index in [0.29, 0.717) is 38.6 Å². The van der Waals surface area contributed by atoms with Crippen LogP contribution < -0.4 is 5.32 Å². The van der Waals surface area contributed by atoms with Gasteiger partial charge in [-0.25, -0.2) is 0 Å². The highest BCUT2D eigenvalue weighted by Crippen LogP contribution is 2.37. The second-order valence-electron chi connectivity index (χ2n) is 6.17. The highest BCUT2D eigenvalue weighted by Gasteiger charge is 2.39. The number of carbonyl (C=O) groups is 2. The normalized spacial score (nSPS) is 19.2. The zero-order valence-corrected chi connectivity index (χ0v) is 13.8. The summed E-state index contributed by atoms with van der Waals surface area (Å²) in [7, 11) is 2.05. The summed E-state index contributed by atoms with van der Waals surface area (Å²) in [5, 5.41) is 10.8. The lowest BCUT2D eigenvalue weighted by atomic mass is 10.0. The van der Waals surface area contributed by atoms with E-state index in [4.69, 9.17) is 6.42 Å². The average molecular weight is 319 g/mol. The highest BCUT2D eigenvalue weighted by atomic mass is 16.2. The van der Waals surface area contributed by atoms with Gasteiger partial charge in [-0.3, -0.25) is 9.59 Å². The summed E-state index contributed by atoms with van der Waals surface area (Å²) in [5.41, 5.74) is -0.417. The molecule has 126 valence electrons. The van der Waals surface area contributed by atoms with Gasteiger partial charge in [-0.2, -0.15) is 10.2 Å². The van der Waals surface area contributed by atoms with Crippen molar-refractivity contribution in [2.75, 3.05) is 39.8 Å². The second kappa shape index (κ2) is 8.06. The molecule has 0 atom stereocenters. The molecule has 23 heavy (non-hydrogen) atoms. The number of carbonyl (C=O) groups excluding carboxylic acids is 2. The number of hydrogen-bond acceptors (Lipinski definition) is 5. The molecule has 1 saturated heterocycles. The van der Waals surface area contributed by atoms with E-state index in [1.807, 2.05) is 4.90 Å². The van der Waals surface area contributed by atoms with E-state index in [1.54, 1.807) is 0 Å². The second-order valence-corrected chi connectivity index (χ2v) is 6.17. The molecule has 0 bridgehead atoms. The molecule has 0 saturated carbocycles. The lowest BCUT2D eigenvalue weighted by molar-refractivity contribution is -0.132. The molecule has 2 aliphatic rings. The van der Waals surface area contributed by atoms with Crippen LogP contribution in [0.3, 0.4) is 0 Å². The third-order valence-electron chi connectivity index (χ3n) is 4.32. The van der Waals surface area contributed by atoms with Gasteiger partial charge in [0.05, 0.1) is 0 Å². The van der Waals surface area contributed by atoms with Crippen molar-refractivity contribution in [1.82, 2.24) is 15.1 Å². The van der Waals surface area contributed by atoms with Crippen molar-refractivity contribution < 1.29 is 9.59 Å². The van der Waals surface area contributed by atoms with Gasteiger partial charge in [0.2, 0.25) is 11.8 Å². The maximum absolute atomic E-state index is 12.0. The maximum Gasteiger partial charge on any atom is 0.224 e. The monoisotopic (exact) mass is 319 g/mol. The van der Waals surface area contributed by atoms with E-state index in [-0.39, 0.29) is 11.8 Å². The number of amides is 2. The first-order chi connectivity index (χ1) is 11.0. The predicted molar refractivity (Wildman–Crippen MR) is 86.6 cm³/mol. The lowest BCUT2D eigenvalue weighted by Crippen LogP contribution is -2.47. The van der Waals surface area contributed by atoms with Gasteiger partial charge >= 0.3 is 0 Å². The molecule has 2 heterocycles. The van der Waals surface area contributed by atoms with Crippen LogP contribution in [0, 0.1) is 12.3 Å². The fraction of sp³-hybridized carbons (Fsp3) is 0.750. The molecule has 0 aromatic carbocycles. The molecule has 0 unspecified atom stereocenters. The Morgan fingerprint density at radius 2 is 1.87 bits per heavy atom. The first-order valence-corrected chi connectivity index (χ1v) is 8.15. The van der Waals surface area contributed by atoms with E-state index in [2.05, 4.69) is 33.4 Å². The van der Waals surface area contributed by atoms with Crippen LogP contribution in [0.1, 0.15) is 32.1 Å². The summed E-state index contributed by atoms with van der Waals surface area (Å²) in [6.45, 7) is 3.74. The van der Waals surface area contributed by atoms with Crippen molar-refractivity contribution in [2.45, 2.75) is 37.8 Å². The number of likely N-dealkylation sites (N-methyl/N-ethyl adjacent to an activating group) is 1. The van der Waals surface area contributed by atoms with Crippen LogP contribution in [-0.4, -0.2) is 67.0 Å². The summed E-state index contributed by atoms with van der Waals surface area (Å²) in [6.07, 6.45) is 7.86. The Morgan fingerprint density at radius 3 is 2.48 bits per heavy atom. The van der Waals surface area contributed by atoms with Crippen LogP contribution in [0.4, 0.5) is 0 Å². The van der Waals surface area contributed by atoms with Crippen LogP contribution in [-0.2, 0) is 9.59 Å². The Bertz CT molecular complexity index is 497. The number of piperazine rings is 1. The minimum Gasteiger partial charge on any atom is -0.356 e. The summed E-state index contributed by atoms with van der Waals surface area (Å²) >= 11 is 0. The summed E-state index contributed by atoms with van der Waals surface area (Å²) in [4.78, 5) is 27.9. The Kier molecular flexibility index (Phi) is 6.11. The molecular formula is C16H25N5O2. The van der Waals surface area contributed by atoms with Gasteiger partial charge in [0.25, 0.3) is 0 Å². The quantitative estimate of drug-likeness (QED) is 0.666. The fourth-order valence-electron chi connectivity index (χ4n) is 2.59. The third kappa shape index (κ3) is 5.64. The molecule has 2 rings (SSSR count). The zero-order valence-electron chi connectivity index (χ0n) is 13.8. The van der Waals surface area contributed by atoms with Crippen LogP contribution in [0.25, 0.3) is 0 Å². The van der Waals surface area contributed by atoms with E-state index >= 15 is 0 Å². The smallest absolute Gasteiger partial charge is 0.224 e. The summed E-state index contributed by atoms with van der Waals surface area (Å²) < 4.78 is 0. The van der Waals surface area contributed by atoms with Crippen molar-refractivity contribution in [3.63, 3.8) is 0 Å². The molecule has 2 aliphatic heterocycles. The van der Waals surface area contributed by atoms with Gasteiger partial charge < -0.3 is 15.1 Å². The van der Waals surface area contributed by atoms with Crippen molar-refractivity contribution in [3.8, 4) is 12.3 Å². The maximum atomic E-state index is 12.0. The molecule has 0 aliphatic carbocycles. The van der Waals surface area contributed by atoms with Gasteiger partial charge in [-0.15, -0.1) is 12.3 Å². The van der Waals surface area contributed by atoms with Gasteiger partial charge in [-0.1, -0.05) is 0 Å². The standard InChI is InChI=1S/C16H25N5O2/c1-3-4-7-16(18-19-16)8-5-14(22)17-9-6-15(23)21-12-10-20(2)11-13-21/h1H,4-13H2,2H3,(H,17,22). The Hall–Kier alpha value is -1.94. The fourth-order valence-corrected chi connectivity index (χ4v) is 2.59. The Balaban J connectivity index is 1.56. The van der Waals surface area contributed by atoms with Crippen LogP contribution in [0.15, 0.2) is 10.2 Å². The van der Waals surface area contributed by atoms with Crippen molar-refractivity contribution in [2.24, 2.45) is 10.2 Å². The van der Waals surface area contributed by atoms with E-state index in [9.17, 15) is 9.59 Å². The molecule has 7 heteroatoms. The van der Waals surface area contributed by atoms with Crippen molar-refractivity contribution in [1.29, 1.82) is 0 Å². The number of nitrogens with zero attached hydrogens (tertiary/aromatic N) is 4. The Labute approximate surface area is 137 Å². The minimum absolute atomic E-state index is 0.0615. The predicted octanol–water partition coefficient (Wildman–Crippen LogP) is 0.622. The average Bonchev–Trinajstić information content (AvgIpc) is 3.32. The minimum atomic E-state index is -0.417. The van der Waals surface area contributed by atoms with Gasteiger partial charge in [0, 0.05) is 64.8 Å². The molecule has 1 N–H and O–H groups in total. The largest absolute Gasteiger partial charge is 0.356 e. The number of hydrogen-bond donors (Lipinski definition) is 1. The van der Waals surface area contributed by atoms with E-state index in [0.717, 1.165) is 26.2 Å². The highest BCUT2D eigenvalue weighted by molar-refractivity contribution is 5.79. The molecule has 0 spiro atoms. The van der Waals surface area contributed by atoms with E-state index < -0.39 is 5.66 Å². The van der Waals surface area contributed by atoms with E-state index in [1.165, 1.54) is 0 Å². The van der Waals surface area contributed by atoms with Crippen LogP contribution >= 0.6 is 0 Å². The summed E-state index contributed by atoms with van der Waals surface area (Å²) in [6, 6.07) is 0. The molecule has 0 aromatic rings. The summed E-state index contributed by atoms with van der Waals surface area (Å²) in [5.74, 6) is 2.61. The van der Waals surface area contributed by atoms with Gasteiger partial charge in [0.15, 0.2) is 5.66 Å². The zero-order chi connectivity index (χ0) is 16.7. The number of nitrogens with one attached hydrogen (secondary N) is 1. The lowest BCUT2D eigenvalue weighted by Gasteiger charge is -2.32. The third-order valence-corrected chi connectivity index (χ3v) is 4.32. The number of rotatable bonds is 8. The Morgan fingerprint density at radius 1 is 1.17 bits per heavy atom. The van der Waals surface area contributed by atoms with Crippen LogP contribution in [0.5, 0.6) is 0 Å². The van der Waals surface area contributed by atoms with Crippen molar-refractivity contribution in [3.05, 3.63) is 0 Å². The van der Waals surface area contributed by atoms with Gasteiger partial charge in [-0.05, 0) is 7.05 Å². The SMILES string of the molecule is C#CCCC1(CCC(=O)NCCC(=O)N2CCN(C)CC2)N=N1. The molecule has 0 radical (unpaired) electrons. The topological polar surface area (TPSA) is 77.4 Å². The first kappa shape index (κ1) is 17.4. The molecule has 7 nitrogen and oxygen atoms in total. The first-order valence-electron chi connectivity index (χ1n) is 8.15. The molecule has 0 aromatic heterocycles. The molecular weight excluding hydrogens is 294 g/mol. The van der Waals surface area contributed by atoms with Crippen molar-refractivity contribution >= 4 is 11.8 Å². The molecule has 1 fully saturated rings. The number of terminal acetylenes is 1. The van der Waals surface area contributed by atoms with Gasteiger partial charge in [0.1, 0.15) is 0 Å². The molecule has 2 amide bonds.